The van der Waals surface area contributed by atoms with Crippen LogP contribution in [0, 0.1) is 12.8 Å². The number of aromatic nitrogens is 3. The van der Waals surface area contributed by atoms with Crippen LogP contribution in [0.1, 0.15) is 35.2 Å². The Morgan fingerprint density at radius 2 is 2.36 bits per heavy atom. The molecule has 4 rings (SSSR count). The molecule has 0 N–H and O–H groups in total. The van der Waals surface area contributed by atoms with Gasteiger partial charge in [0.05, 0.1) is 24.0 Å². The highest BCUT2D eigenvalue weighted by molar-refractivity contribution is 7.18. The van der Waals surface area contributed by atoms with Gasteiger partial charge in [-0.3, -0.25) is 9.36 Å². The Bertz CT molecular complexity index is 906. The Kier molecular flexibility index (Phi) is 3.14. The molecule has 0 aromatic carbocycles. The number of thiophene rings is 1. The second-order valence-electron chi connectivity index (χ2n) is 6.14. The van der Waals surface area contributed by atoms with Gasteiger partial charge in [0.25, 0.3) is 5.56 Å². The Morgan fingerprint density at radius 1 is 1.50 bits per heavy atom. The molecule has 1 aliphatic rings. The third kappa shape index (κ3) is 2.18. The molecule has 1 aliphatic carbocycles. The molecule has 0 saturated carbocycles. The Morgan fingerprint density at radius 3 is 3.14 bits per heavy atom. The first-order valence-corrected chi connectivity index (χ1v) is 8.35. The van der Waals surface area contributed by atoms with E-state index in [2.05, 4.69) is 17.1 Å². The molecule has 0 spiro atoms. The molecule has 6 heteroatoms. The monoisotopic (exact) mass is 315 g/mol. The molecule has 5 nitrogen and oxygen atoms in total. The molecule has 0 amide bonds. The maximum Gasteiger partial charge on any atom is 0.262 e. The summed E-state index contributed by atoms with van der Waals surface area (Å²) in [6, 6.07) is 1.85. The van der Waals surface area contributed by atoms with Crippen molar-refractivity contribution < 1.29 is 4.52 Å². The summed E-state index contributed by atoms with van der Waals surface area (Å²) in [6.45, 7) is 4.52. The van der Waals surface area contributed by atoms with Crippen LogP contribution in [-0.4, -0.2) is 14.7 Å². The van der Waals surface area contributed by atoms with Crippen molar-refractivity contribution in [2.75, 3.05) is 0 Å². The Balaban J connectivity index is 1.81. The van der Waals surface area contributed by atoms with E-state index in [1.54, 1.807) is 22.2 Å². The summed E-state index contributed by atoms with van der Waals surface area (Å²) >= 11 is 1.68. The van der Waals surface area contributed by atoms with Gasteiger partial charge in [-0.05, 0) is 37.7 Å². The third-order valence-electron chi connectivity index (χ3n) is 4.29. The first-order valence-electron chi connectivity index (χ1n) is 7.53. The lowest BCUT2D eigenvalue weighted by atomic mass is 9.89. The normalized spacial score (nSPS) is 17.8. The molecule has 0 saturated heterocycles. The molecule has 0 radical (unpaired) electrons. The average molecular weight is 315 g/mol. The third-order valence-corrected chi connectivity index (χ3v) is 5.45. The van der Waals surface area contributed by atoms with Gasteiger partial charge in [-0.15, -0.1) is 11.3 Å². The van der Waals surface area contributed by atoms with Crippen LogP contribution < -0.4 is 5.56 Å². The predicted molar refractivity (Wildman–Crippen MR) is 85.4 cm³/mol. The minimum absolute atomic E-state index is 0.0334. The zero-order valence-corrected chi connectivity index (χ0v) is 13.4. The molecular formula is C16H17N3O2S. The van der Waals surface area contributed by atoms with E-state index >= 15 is 0 Å². The van der Waals surface area contributed by atoms with Crippen molar-refractivity contribution in [3.05, 3.63) is 44.6 Å². The first kappa shape index (κ1) is 13.7. The highest BCUT2D eigenvalue weighted by Gasteiger charge is 2.23. The van der Waals surface area contributed by atoms with Gasteiger partial charge in [0.15, 0.2) is 5.76 Å². The summed E-state index contributed by atoms with van der Waals surface area (Å²) in [6.07, 6.45) is 4.82. The fourth-order valence-electron chi connectivity index (χ4n) is 3.14. The van der Waals surface area contributed by atoms with E-state index < -0.39 is 0 Å². The van der Waals surface area contributed by atoms with Gasteiger partial charge in [-0.2, -0.15) is 0 Å². The highest BCUT2D eigenvalue weighted by Crippen LogP contribution is 2.35. The lowest BCUT2D eigenvalue weighted by Crippen LogP contribution is -2.22. The van der Waals surface area contributed by atoms with Gasteiger partial charge in [-0.1, -0.05) is 12.1 Å². The first-order chi connectivity index (χ1) is 10.6. The van der Waals surface area contributed by atoms with E-state index in [-0.39, 0.29) is 5.56 Å². The number of aryl methyl sites for hydroxylation is 2. The van der Waals surface area contributed by atoms with Crippen molar-refractivity contribution >= 4 is 21.6 Å². The summed E-state index contributed by atoms with van der Waals surface area (Å²) in [5.74, 6) is 1.37. The predicted octanol–water partition coefficient (Wildman–Crippen LogP) is 2.93. The van der Waals surface area contributed by atoms with Crippen LogP contribution in [0.2, 0.25) is 0 Å². The van der Waals surface area contributed by atoms with Gasteiger partial charge < -0.3 is 4.52 Å². The molecule has 0 fully saturated rings. The number of hydrogen-bond acceptors (Lipinski definition) is 5. The Hall–Kier alpha value is -1.95. The van der Waals surface area contributed by atoms with Crippen molar-refractivity contribution in [2.45, 2.75) is 39.7 Å². The zero-order valence-electron chi connectivity index (χ0n) is 12.6. The van der Waals surface area contributed by atoms with E-state index in [1.807, 2.05) is 13.0 Å². The van der Waals surface area contributed by atoms with E-state index in [4.69, 9.17) is 4.52 Å². The van der Waals surface area contributed by atoms with E-state index in [0.29, 0.717) is 18.2 Å². The van der Waals surface area contributed by atoms with Crippen LogP contribution in [0.15, 0.2) is 21.7 Å². The minimum atomic E-state index is 0.0334. The van der Waals surface area contributed by atoms with Crippen molar-refractivity contribution in [1.82, 2.24) is 14.7 Å². The van der Waals surface area contributed by atoms with Crippen molar-refractivity contribution in [3.63, 3.8) is 0 Å². The molecule has 0 aliphatic heterocycles. The molecule has 3 aromatic heterocycles. The Labute approximate surface area is 131 Å². The second-order valence-corrected chi connectivity index (χ2v) is 7.23. The number of hydrogen-bond donors (Lipinski definition) is 0. The van der Waals surface area contributed by atoms with Crippen molar-refractivity contribution in [3.8, 4) is 0 Å². The van der Waals surface area contributed by atoms with Gasteiger partial charge in [-0.25, -0.2) is 4.98 Å². The summed E-state index contributed by atoms with van der Waals surface area (Å²) in [5, 5.41) is 4.68. The van der Waals surface area contributed by atoms with Crippen LogP contribution in [-0.2, 0) is 19.4 Å². The summed E-state index contributed by atoms with van der Waals surface area (Å²) in [7, 11) is 0. The SMILES string of the molecule is Cc1cc(Cn2cnc3sc4c(c3c2=O)CC[C@H](C)C4)on1. The van der Waals surface area contributed by atoms with Crippen molar-refractivity contribution in [2.24, 2.45) is 5.92 Å². The lowest BCUT2D eigenvalue weighted by molar-refractivity contribution is 0.371. The maximum absolute atomic E-state index is 12.8. The van der Waals surface area contributed by atoms with Crippen LogP contribution in [0.5, 0.6) is 0 Å². The molecule has 0 unspecified atom stereocenters. The second kappa shape index (κ2) is 5.05. The zero-order chi connectivity index (χ0) is 15.3. The minimum Gasteiger partial charge on any atom is -0.359 e. The van der Waals surface area contributed by atoms with E-state index in [0.717, 1.165) is 35.2 Å². The van der Waals surface area contributed by atoms with Gasteiger partial charge in [0.2, 0.25) is 0 Å². The molecule has 114 valence electrons. The number of fused-ring (bicyclic) bond motifs is 3. The summed E-state index contributed by atoms with van der Waals surface area (Å²) in [5.41, 5.74) is 2.07. The summed E-state index contributed by atoms with van der Waals surface area (Å²) in [4.78, 5) is 19.5. The van der Waals surface area contributed by atoms with Gasteiger partial charge in [0.1, 0.15) is 4.83 Å². The van der Waals surface area contributed by atoms with Crippen molar-refractivity contribution in [1.29, 1.82) is 0 Å². The number of rotatable bonds is 2. The van der Waals surface area contributed by atoms with E-state index in [9.17, 15) is 4.79 Å². The van der Waals surface area contributed by atoms with Crippen LogP contribution in [0.25, 0.3) is 10.2 Å². The van der Waals surface area contributed by atoms with Gasteiger partial charge >= 0.3 is 0 Å². The molecule has 22 heavy (non-hydrogen) atoms. The highest BCUT2D eigenvalue weighted by atomic mass is 32.1. The average Bonchev–Trinajstić information content (AvgIpc) is 3.05. The molecule has 0 bridgehead atoms. The fourth-order valence-corrected chi connectivity index (χ4v) is 4.48. The lowest BCUT2D eigenvalue weighted by Gasteiger charge is -2.17. The molecular weight excluding hydrogens is 298 g/mol. The maximum atomic E-state index is 12.8. The topological polar surface area (TPSA) is 60.9 Å². The van der Waals surface area contributed by atoms with E-state index in [1.165, 1.54) is 10.4 Å². The quantitative estimate of drug-likeness (QED) is 0.729. The largest absolute Gasteiger partial charge is 0.359 e. The molecule has 1 atom stereocenters. The van der Waals surface area contributed by atoms with Crippen LogP contribution >= 0.6 is 11.3 Å². The fraction of sp³-hybridized carbons (Fsp3) is 0.438. The standard InChI is InChI=1S/C16H17N3O2S/c1-9-3-4-12-13(5-9)22-15-14(12)16(20)19(8-17-15)7-11-6-10(2)18-21-11/h6,8-9H,3-5,7H2,1-2H3/t9-/m0/s1. The molecule has 3 heterocycles. The van der Waals surface area contributed by atoms with Gasteiger partial charge in [0, 0.05) is 10.9 Å². The summed E-state index contributed by atoms with van der Waals surface area (Å²) < 4.78 is 6.83. The van der Waals surface area contributed by atoms with Crippen LogP contribution in [0.3, 0.4) is 0 Å². The van der Waals surface area contributed by atoms with Crippen LogP contribution in [0.4, 0.5) is 0 Å². The smallest absolute Gasteiger partial charge is 0.262 e. The number of nitrogens with zero attached hydrogens (tertiary/aromatic N) is 3. The molecule has 3 aromatic rings.